The number of aliphatic hydroxyl groups is 3. The molecule has 1 fully saturated rings. The monoisotopic (exact) mass is 401 g/mol. The van der Waals surface area contributed by atoms with Crippen LogP contribution < -0.4 is 11.2 Å². The third-order valence-electron chi connectivity index (χ3n) is 4.79. The number of ether oxygens (including phenoxy) is 1. The molecule has 11 nitrogen and oxygen atoms in total. The first-order valence-corrected chi connectivity index (χ1v) is 8.89. The molecule has 3 aromatic rings. The predicted octanol–water partition coefficient (Wildman–Crippen LogP) is -1.55. The van der Waals surface area contributed by atoms with E-state index in [1.165, 1.54) is 15.4 Å². The third kappa shape index (κ3) is 3.63. The summed E-state index contributed by atoms with van der Waals surface area (Å²) in [6.45, 7) is -0.565. The zero-order chi connectivity index (χ0) is 20.5. The fraction of sp³-hybridized carbons (Fsp3) is 0.333. The lowest BCUT2D eigenvalue weighted by molar-refractivity contribution is -0.0233. The van der Waals surface area contributed by atoms with Crippen LogP contribution in [0.1, 0.15) is 11.7 Å². The van der Waals surface area contributed by atoms with Gasteiger partial charge in [0.1, 0.15) is 36.8 Å². The molecule has 2 aromatic heterocycles. The van der Waals surface area contributed by atoms with Crippen LogP contribution >= 0.6 is 0 Å². The molecule has 152 valence electrons. The summed E-state index contributed by atoms with van der Waals surface area (Å²) in [5, 5.41) is 37.4. The van der Waals surface area contributed by atoms with E-state index in [9.17, 15) is 24.9 Å². The second-order valence-corrected chi connectivity index (χ2v) is 6.72. The summed E-state index contributed by atoms with van der Waals surface area (Å²) in [6, 6.07) is 9.37. The van der Waals surface area contributed by atoms with Crippen molar-refractivity contribution >= 4 is 0 Å². The first-order chi connectivity index (χ1) is 14.0. The number of rotatable bonds is 5. The molecular weight excluding hydrogens is 382 g/mol. The SMILES string of the molecule is O=c1[nH]c(=O)n(Cn2cc(-c3ccccc3)nn2)cc1[C@@H]1O[C@H](CO)C(O)C1O. The third-order valence-corrected chi connectivity index (χ3v) is 4.79. The van der Waals surface area contributed by atoms with Crippen molar-refractivity contribution < 1.29 is 20.1 Å². The van der Waals surface area contributed by atoms with Gasteiger partial charge in [0.05, 0.1) is 18.4 Å². The summed E-state index contributed by atoms with van der Waals surface area (Å²) >= 11 is 0. The van der Waals surface area contributed by atoms with Gasteiger partial charge in [-0.05, 0) is 0 Å². The van der Waals surface area contributed by atoms with Gasteiger partial charge >= 0.3 is 5.69 Å². The summed E-state index contributed by atoms with van der Waals surface area (Å²) in [4.78, 5) is 26.6. The van der Waals surface area contributed by atoms with Crippen molar-refractivity contribution in [1.82, 2.24) is 24.5 Å². The number of aromatic amines is 1. The smallest absolute Gasteiger partial charge is 0.329 e. The van der Waals surface area contributed by atoms with Crippen LogP contribution in [0.25, 0.3) is 11.3 Å². The molecule has 4 rings (SSSR count). The molecule has 0 amide bonds. The van der Waals surface area contributed by atoms with Crippen LogP contribution in [0.5, 0.6) is 0 Å². The Labute approximate surface area is 163 Å². The standard InChI is InChI=1S/C18H19N5O6/c24-8-13-14(25)15(26)16(29-13)11-6-22(18(28)19-17(11)27)9-23-7-12(20-21-23)10-4-2-1-3-5-10/h1-7,13-16,24-26H,8-9H2,(H,19,27,28)/t13-,14?,15?,16+/m1/s1. The first-order valence-electron chi connectivity index (χ1n) is 8.89. The molecule has 1 aliphatic rings. The van der Waals surface area contributed by atoms with Crippen molar-refractivity contribution in [2.24, 2.45) is 0 Å². The van der Waals surface area contributed by atoms with Gasteiger partial charge in [0, 0.05) is 11.8 Å². The van der Waals surface area contributed by atoms with Crippen LogP contribution in [0.3, 0.4) is 0 Å². The Morgan fingerprint density at radius 3 is 2.55 bits per heavy atom. The molecule has 11 heteroatoms. The van der Waals surface area contributed by atoms with E-state index in [4.69, 9.17) is 4.74 Å². The van der Waals surface area contributed by atoms with Crippen LogP contribution in [0.2, 0.25) is 0 Å². The molecule has 4 atom stereocenters. The molecule has 4 N–H and O–H groups in total. The minimum absolute atomic E-state index is 0.0444. The van der Waals surface area contributed by atoms with E-state index in [0.717, 1.165) is 5.56 Å². The van der Waals surface area contributed by atoms with Crippen molar-refractivity contribution in [2.75, 3.05) is 6.61 Å². The van der Waals surface area contributed by atoms with E-state index in [1.807, 2.05) is 30.3 Å². The highest BCUT2D eigenvalue weighted by Crippen LogP contribution is 2.31. The Balaban J connectivity index is 1.63. The lowest BCUT2D eigenvalue weighted by Crippen LogP contribution is -2.36. The summed E-state index contributed by atoms with van der Waals surface area (Å²) in [6.07, 6.45) is -2.10. The van der Waals surface area contributed by atoms with Gasteiger partial charge in [-0.1, -0.05) is 35.5 Å². The topological polar surface area (TPSA) is 155 Å². The van der Waals surface area contributed by atoms with E-state index in [1.54, 1.807) is 6.20 Å². The second kappa shape index (κ2) is 7.72. The van der Waals surface area contributed by atoms with Gasteiger partial charge in [0.25, 0.3) is 5.56 Å². The summed E-state index contributed by atoms with van der Waals surface area (Å²) in [5.41, 5.74) is 0.00827. The fourth-order valence-corrected chi connectivity index (χ4v) is 3.26. The maximum absolute atomic E-state index is 12.2. The van der Waals surface area contributed by atoms with Crippen LogP contribution in [-0.2, 0) is 11.4 Å². The highest BCUT2D eigenvalue weighted by molar-refractivity contribution is 5.57. The molecule has 0 spiro atoms. The maximum atomic E-state index is 12.2. The van der Waals surface area contributed by atoms with Gasteiger partial charge in [-0.15, -0.1) is 5.10 Å². The average molecular weight is 401 g/mol. The zero-order valence-electron chi connectivity index (χ0n) is 15.1. The number of aromatic nitrogens is 5. The lowest BCUT2D eigenvalue weighted by Gasteiger charge is -2.15. The largest absolute Gasteiger partial charge is 0.394 e. The minimum Gasteiger partial charge on any atom is -0.394 e. The Bertz CT molecular complexity index is 1110. The van der Waals surface area contributed by atoms with Gasteiger partial charge in [-0.2, -0.15) is 0 Å². The van der Waals surface area contributed by atoms with Gasteiger partial charge in [-0.3, -0.25) is 14.3 Å². The summed E-state index contributed by atoms with van der Waals surface area (Å²) < 4.78 is 7.98. The number of benzene rings is 1. The number of hydrogen-bond donors (Lipinski definition) is 4. The number of nitrogens with one attached hydrogen (secondary N) is 1. The lowest BCUT2D eigenvalue weighted by atomic mass is 10.0. The minimum atomic E-state index is -1.42. The molecule has 1 aromatic carbocycles. The van der Waals surface area contributed by atoms with Gasteiger partial charge < -0.3 is 20.1 Å². The van der Waals surface area contributed by atoms with E-state index >= 15 is 0 Å². The Morgan fingerprint density at radius 2 is 1.86 bits per heavy atom. The van der Waals surface area contributed by atoms with E-state index in [2.05, 4.69) is 15.3 Å². The molecule has 0 aliphatic carbocycles. The van der Waals surface area contributed by atoms with Crippen LogP contribution in [-0.4, -0.2) is 64.8 Å². The second-order valence-electron chi connectivity index (χ2n) is 6.72. The normalized spacial score (nSPS) is 24.1. The highest BCUT2D eigenvalue weighted by atomic mass is 16.6. The van der Waals surface area contributed by atoms with Crippen molar-refractivity contribution in [3.8, 4) is 11.3 Å². The van der Waals surface area contributed by atoms with Crippen molar-refractivity contribution in [2.45, 2.75) is 31.1 Å². The fourth-order valence-electron chi connectivity index (χ4n) is 3.26. The molecule has 0 bridgehead atoms. The number of hydrogen-bond acceptors (Lipinski definition) is 8. The predicted molar refractivity (Wildman–Crippen MR) is 98.9 cm³/mol. The van der Waals surface area contributed by atoms with Gasteiger partial charge in [-0.25, -0.2) is 9.48 Å². The van der Waals surface area contributed by atoms with Gasteiger partial charge in [0.15, 0.2) is 0 Å². The van der Waals surface area contributed by atoms with Crippen molar-refractivity contribution in [3.63, 3.8) is 0 Å². The molecule has 1 saturated heterocycles. The Kier molecular flexibility index (Phi) is 5.11. The quantitative estimate of drug-likeness (QED) is 0.401. The van der Waals surface area contributed by atoms with Gasteiger partial charge in [0.2, 0.25) is 0 Å². The molecule has 0 radical (unpaired) electrons. The van der Waals surface area contributed by atoms with E-state index in [-0.39, 0.29) is 12.2 Å². The van der Waals surface area contributed by atoms with E-state index < -0.39 is 42.3 Å². The molecule has 0 saturated carbocycles. The van der Waals surface area contributed by atoms with E-state index in [0.29, 0.717) is 5.69 Å². The maximum Gasteiger partial charge on any atom is 0.329 e. The Hall–Kier alpha value is -3.12. The molecular formula is C18H19N5O6. The molecule has 29 heavy (non-hydrogen) atoms. The molecule has 2 unspecified atom stereocenters. The average Bonchev–Trinajstić information content (AvgIpc) is 3.30. The number of aliphatic hydroxyl groups excluding tert-OH is 3. The number of H-pyrrole nitrogens is 1. The van der Waals surface area contributed by atoms with Crippen LogP contribution in [0.15, 0.2) is 52.3 Å². The van der Waals surface area contributed by atoms with Crippen molar-refractivity contribution in [1.29, 1.82) is 0 Å². The molecule has 3 heterocycles. The van der Waals surface area contributed by atoms with Crippen molar-refractivity contribution in [3.05, 3.63) is 69.1 Å². The Morgan fingerprint density at radius 1 is 1.10 bits per heavy atom. The molecule has 1 aliphatic heterocycles. The summed E-state index contributed by atoms with van der Waals surface area (Å²) in [5.74, 6) is 0. The number of nitrogens with zero attached hydrogens (tertiary/aromatic N) is 4. The first kappa shape index (κ1) is 19.2. The zero-order valence-corrected chi connectivity index (χ0v) is 15.1. The van der Waals surface area contributed by atoms with Crippen LogP contribution in [0.4, 0.5) is 0 Å². The van der Waals surface area contributed by atoms with Crippen LogP contribution in [0, 0.1) is 0 Å². The summed E-state index contributed by atoms with van der Waals surface area (Å²) in [7, 11) is 0. The highest BCUT2D eigenvalue weighted by Gasteiger charge is 2.44.